The van der Waals surface area contributed by atoms with Gasteiger partial charge in [0.05, 0.1) is 32.9 Å². The maximum Gasteiger partial charge on any atom is 0.317 e. The summed E-state index contributed by atoms with van der Waals surface area (Å²) in [5.41, 5.74) is 0.866. The zero-order chi connectivity index (χ0) is 28.6. The first-order valence-corrected chi connectivity index (χ1v) is 12.6. The number of carbonyl (C=O) groups is 2. The Hall–Kier alpha value is -3.86. The molecule has 0 aliphatic carbocycles. The number of phenols is 1. The summed E-state index contributed by atoms with van der Waals surface area (Å²) < 4.78 is 31.6. The van der Waals surface area contributed by atoms with Gasteiger partial charge >= 0.3 is 5.97 Å². The van der Waals surface area contributed by atoms with Crippen molar-refractivity contribution in [1.82, 2.24) is 9.80 Å². The molecular formula is C28H34FN3O7. The highest BCUT2D eigenvalue weighted by atomic mass is 19.1. The van der Waals surface area contributed by atoms with Crippen molar-refractivity contribution in [2.75, 3.05) is 40.4 Å². The SMILES string of the molecule is COc1cc2c(c(F)c1OC)C(=N)N(CC(=O)c1cc(OC3CCN(CC(=O)O)C3)c(O)c(C(C)(C)C)c1)C2. The van der Waals surface area contributed by atoms with Crippen molar-refractivity contribution < 1.29 is 38.4 Å². The Bertz CT molecular complexity index is 1320. The lowest BCUT2D eigenvalue weighted by atomic mass is 9.84. The number of benzene rings is 2. The van der Waals surface area contributed by atoms with Crippen LogP contribution in [0.3, 0.4) is 0 Å². The van der Waals surface area contributed by atoms with Crippen molar-refractivity contribution in [3.63, 3.8) is 0 Å². The van der Waals surface area contributed by atoms with Crippen molar-refractivity contribution in [2.24, 2.45) is 0 Å². The monoisotopic (exact) mass is 543 g/mol. The number of hydrogen-bond acceptors (Lipinski definition) is 8. The van der Waals surface area contributed by atoms with E-state index in [-0.39, 0.29) is 71.5 Å². The maximum atomic E-state index is 15.1. The third-order valence-corrected chi connectivity index (χ3v) is 7.03. The molecule has 0 amide bonds. The standard InChI is InChI=1S/C28H34FN3O7/c1-28(2,3)18-8-15(9-20(25(18)36)39-17-6-7-31(12-17)14-22(34)35)19(33)13-32-11-16-10-21(37-4)26(38-5)24(29)23(16)27(32)30/h8-10,17,30,36H,6-7,11-14H2,1-5H3,(H,34,35). The van der Waals surface area contributed by atoms with Crippen molar-refractivity contribution in [2.45, 2.75) is 45.3 Å². The number of nitrogens with zero attached hydrogens (tertiary/aromatic N) is 2. The molecule has 1 atom stereocenters. The summed E-state index contributed by atoms with van der Waals surface area (Å²) in [6, 6.07) is 4.71. The fourth-order valence-electron chi connectivity index (χ4n) is 5.06. The number of nitrogens with one attached hydrogen (secondary N) is 1. The number of aromatic hydroxyl groups is 1. The molecule has 39 heavy (non-hydrogen) atoms. The molecule has 3 N–H and O–H groups in total. The van der Waals surface area contributed by atoms with Gasteiger partial charge in [-0.1, -0.05) is 20.8 Å². The smallest absolute Gasteiger partial charge is 0.317 e. The largest absolute Gasteiger partial charge is 0.504 e. The predicted octanol–water partition coefficient (Wildman–Crippen LogP) is 3.41. The number of aliphatic carboxylic acids is 1. The fraction of sp³-hybridized carbons (Fsp3) is 0.464. The van der Waals surface area contributed by atoms with Crippen LogP contribution in [0.5, 0.6) is 23.0 Å². The lowest BCUT2D eigenvalue weighted by molar-refractivity contribution is -0.138. The Morgan fingerprint density at radius 3 is 2.46 bits per heavy atom. The quantitative estimate of drug-likeness (QED) is 0.407. The number of carbonyl (C=O) groups excluding carboxylic acids is 1. The zero-order valence-electron chi connectivity index (χ0n) is 22.8. The second-order valence-electron chi connectivity index (χ2n) is 10.9. The normalized spacial score (nSPS) is 17.3. The molecule has 0 saturated carbocycles. The minimum Gasteiger partial charge on any atom is -0.504 e. The second-order valence-corrected chi connectivity index (χ2v) is 10.9. The predicted molar refractivity (Wildman–Crippen MR) is 141 cm³/mol. The van der Waals surface area contributed by atoms with Gasteiger partial charge in [-0.05, 0) is 35.6 Å². The molecule has 10 nitrogen and oxygen atoms in total. The third kappa shape index (κ3) is 5.63. The number of methoxy groups -OCH3 is 2. The molecule has 210 valence electrons. The fourth-order valence-corrected chi connectivity index (χ4v) is 5.06. The molecule has 2 aliphatic heterocycles. The number of hydrogen-bond donors (Lipinski definition) is 3. The van der Waals surface area contributed by atoms with E-state index in [2.05, 4.69) is 0 Å². The number of Topliss-reactive ketones (excluding diaryl/α,β-unsaturated/α-hetero) is 1. The van der Waals surface area contributed by atoms with Gasteiger partial charge in [0.2, 0.25) is 0 Å². The van der Waals surface area contributed by atoms with Gasteiger partial charge in [-0.15, -0.1) is 0 Å². The van der Waals surface area contributed by atoms with Gasteiger partial charge < -0.3 is 29.3 Å². The van der Waals surface area contributed by atoms with Gasteiger partial charge in [0, 0.05) is 30.8 Å². The Morgan fingerprint density at radius 1 is 1.13 bits per heavy atom. The van der Waals surface area contributed by atoms with Crippen LogP contribution in [-0.2, 0) is 16.8 Å². The number of phenolic OH excluding ortho intramolecular Hbond substituents is 1. The molecule has 4 rings (SSSR count). The van der Waals surface area contributed by atoms with Gasteiger partial charge in [0.25, 0.3) is 0 Å². The van der Waals surface area contributed by atoms with E-state index in [0.717, 1.165) is 0 Å². The summed E-state index contributed by atoms with van der Waals surface area (Å²) >= 11 is 0. The van der Waals surface area contributed by atoms with Crippen LogP contribution in [0.4, 0.5) is 4.39 Å². The van der Waals surface area contributed by atoms with E-state index >= 15 is 4.39 Å². The number of amidine groups is 1. The van der Waals surface area contributed by atoms with Crippen molar-refractivity contribution >= 4 is 17.6 Å². The minimum atomic E-state index is -0.924. The van der Waals surface area contributed by atoms with Crippen LogP contribution in [0.25, 0.3) is 0 Å². The van der Waals surface area contributed by atoms with E-state index in [1.807, 2.05) is 20.8 Å². The molecule has 2 aromatic rings. The summed E-state index contributed by atoms with van der Waals surface area (Å²) in [4.78, 5) is 27.8. The Labute approximate surface area is 226 Å². The van der Waals surface area contributed by atoms with Gasteiger partial charge in [0.15, 0.2) is 34.6 Å². The first-order valence-electron chi connectivity index (χ1n) is 12.6. The highest BCUT2D eigenvalue weighted by Gasteiger charge is 2.34. The van der Waals surface area contributed by atoms with Crippen LogP contribution in [0.2, 0.25) is 0 Å². The molecule has 0 aromatic heterocycles. The van der Waals surface area contributed by atoms with E-state index in [1.54, 1.807) is 17.0 Å². The van der Waals surface area contributed by atoms with Crippen LogP contribution >= 0.6 is 0 Å². The highest BCUT2D eigenvalue weighted by Crippen LogP contribution is 2.41. The number of likely N-dealkylation sites (tertiary alicyclic amines) is 1. The average molecular weight is 544 g/mol. The Morgan fingerprint density at radius 2 is 1.85 bits per heavy atom. The number of ketones is 1. The molecule has 1 fully saturated rings. The van der Waals surface area contributed by atoms with Gasteiger partial charge in [0.1, 0.15) is 11.9 Å². The second kappa shape index (κ2) is 10.7. The summed E-state index contributed by atoms with van der Waals surface area (Å²) in [5, 5.41) is 28.6. The van der Waals surface area contributed by atoms with E-state index < -0.39 is 17.2 Å². The van der Waals surface area contributed by atoms with Crippen molar-refractivity contribution in [3.05, 3.63) is 46.3 Å². The number of carboxylic acids is 1. The minimum absolute atomic E-state index is 0.0673. The molecule has 2 aromatic carbocycles. The molecule has 11 heteroatoms. The number of halogens is 1. The summed E-state index contributed by atoms with van der Waals surface area (Å²) in [6.45, 7) is 6.50. The topological polar surface area (TPSA) is 133 Å². The summed E-state index contributed by atoms with van der Waals surface area (Å²) in [5.74, 6) is -1.92. The summed E-state index contributed by atoms with van der Waals surface area (Å²) in [6.07, 6.45) is 0.236. The van der Waals surface area contributed by atoms with Gasteiger partial charge in [-0.25, -0.2) is 4.39 Å². The number of carboxylic acid groups (broad SMARTS) is 1. The maximum absolute atomic E-state index is 15.1. The zero-order valence-corrected chi connectivity index (χ0v) is 22.8. The number of ether oxygens (including phenoxy) is 3. The van der Waals surface area contributed by atoms with Crippen LogP contribution in [0, 0.1) is 11.2 Å². The lowest BCUT2D eigenvalue weighted by Crippen LogP contribution is -2.31. The van der Waals surface area contributed by atoms with E-state index in [1.165, 1.54) is 25.2 Å². The lowest BCUT2D eigenvalue weighted by Gasteiger charge is -2.25. The number of rotatable bonds is 9. The molecule has 1 unspecified atom stereocenters. The first-order chi connectivity index (χ1) is 18.3. The van der Waals surface area contributed by atoms with E-state index in [4.69, 9.17) is 24.7 Å². The van der Waals surface area contributed by atoms with Crippen LogP contribution in [0.1, 0.15) is 54.2 Å². The number of fused-ring (bicyclic) bond motifs is 1. The molecule has 2 heterocycles. The van der Waals surface area contributed by atoms with E-state index in [9.17, 15) is 14.7 Å². The van der Waals surface area contributed by atoms with Crippen LogP contribution in [-0.4, -0.2) is 84.1 Å². The summed E-state index contributed by atoms with van der Waals surface area (Å²) in [7, 11) is 2.72. The molecule has 0 bridgehead atoms. The van der Waals surface area contributed by atoms with Crippen LogP contribution < -0.4 is 14.2 Å². The molecule has 0 radical (unpaired) electrons. The van der Waals surface area contributed by atoms with Gasteiger partial charge in [-0.3, -0.25) is 19.9 Å². The molecule has 2 aliphatic rings. The van der Waals surface area contributed by atoms with Gasteiger partial charge in [-0.2, -0.15) is 0 Å². The van der Waals surface area contributed by atoms with Crippen LogP contribution in [0.15, 0.2) is 18.2 Å². The molecule has 0 spiro atoms. The molecular weight excluding hydrogens is 509 g/mol. The highest BCUT2D eigenvalue weighted by molar-refractivity contribution is 6.06. The average Bonchev–Trinajstić information content (AvgIpc) is 3.42. The third-order valence-electron chi connectivity index (χ3n) is 7.03. The Balaban J connectivity index is 1.59. The first kappa shape index (κ1) is 28.2. The van der Waals surface area contributed by atoms with Crippen molar-refractivity contribution in [3.8, 4) is 23.0 Å². The van der Waals surface area contributed by atoms with Crippen molar-refractivity contribution in [1.29, 1.82) is 5.41 Å². The Kier molecular flexibility index (Phi) is 7.74. The van der Waals surface area contributed by atoms with E-state index in [0.29, 0.717) is 30.6 Å². The molecule has 1 saturated heterocycles.